The average molecular weight is 492 g/mol. The van der Waals surface area contributed by atoms with E-state index in [9.17, 15) is 14.9 Å². The molecule has 0 fully saturated rings. The number of para-hydroxylation sites is 2. The quantitative estimate of drug-likeness (QED) is 0.461. The second kappa shape index (κ2) is 9.88. The van der Waals surface area contributed by atoms with Crippen molar-refractivity contribution in [3.63, 3.8) is 0 Å². The van der Waals surface area contributed by atoms with Gasteiger partial charge in [0, 0.05) is 5.02 Å². The molecule has 5 nitrogen and oxygen atoms in total. The molecule has 0 spiro atoms. The van der Waals surface area contributed by atoms with Crippen LogP contribution < -0.4 is 20.1 Å². The second-order valence-electron chi connectivity index (χ2n) is 6.83. The molecule has 4 aromatic rings. The van der Waals surface area contributed by atoms with Crippen LogP contribution >= 0.6 is 34.5 Å². The van der Waals surface area contributed by atoms with Crippen molar-refractivity contribution in [3.8, 4) is 11.8 Å². The van der Waals surface area contributed by atoms with Crippen LogP contribution in [-0.4, -0.2) is 10.5 Å². The Balaban J connectivity index is 1.98. The van der Waals surface area contributed by atoms with Crippen LogP contribution in [0.1, 0.15) is 5.56 Å². The highest BCUT2D eigenvalue weighted by atomic mass is 35.5. The third-order valence-corrected chi connectivity index (χ3v) is 6.47. The molecule has 1 heterocycles. The normalized spacial score (nSPS) is 12.2. The van der Waals surface area contributed by atoms with Crippen LogP contribution in [0.2, 0.25) is 10.0 Å². The molecular weight excluding hydrogens is 477 g/mol. The van der Waals surface area contributed by atoms with E-state index in [-0.39, 0.29) is 15.8 Å². The van der Waals surface area contributed by atoms with Gasteiger partial charge in [-0.15, -0.1) is 11.3 Å². The van der Waals surface area contributed by atoms with Gasteiger partial charge in [-0.1, -0.05) is 71.7 Å². The Bertz CT molecular complexity index is 1570. The first-order chi connectivity index (χ1) is 16.0. The number of amides is 1. The largest absolute Gasteiger partial charge is 0.320 e. The summed E-state index contributed by atoms with van der Waals surface area (Å²) in [6.07, 6.45) is 1.65. The lowest BCUT2D eigenvalue weighted by atomic mass is 10.2. The fourth-order valence-electron chi connectivity index (χ4n) is 3.14. The lowest BCUT2D eigenvalue weighted by Crippen LogP contribution is -2.32. The molecule has 1 aromatic heterocycles. The Morgan fingerprint density at radius 3 is 2.24 bits per heavy atom. The van der Waals surface area contributed by atoms with Crippen molar-refractivity contribution < 1.29 is 4.79 Å². The number of hydrogen-bond donors (Lipinski definition) is 1. The van der Waals surface area contributed by atoms with Gasteiger partial charge in [0.25, 0.3) is 11.5 Å². The Hall–Kier alpha value is -3.63. The van der Waals surface area contributed by atoms with E-state index in [2.05, 4.69) is 5.32 Å². The molecule has 33 heavy (non-hydrogen) atoms. The van der Waals surface area contributed by atoms with Crippen molar-refractivity contribution in [1.82, 2.24) is 4.57 Å². The van der Waals surface area contributed by atoms with Gasteiger partial charge in [-0.05, 0) is 42.0 Å². The monoisotopic (exact) mass is 491 g/mol. The molecule has 0 aliphatic rings. The van der Waals surface area contributed by atoms with Crippen molar-refractivity contribution >= 4 is 57.8 Å². The molecule has 162 valence electrons. The summed E-state index contributed by atoms with van der Waals surface area (Å²) in [6, 6.07) is 24.6. The molecule has 1 amide bonds. The summed E-state index contributed by atoms with van der Waals surface area (Å²) in [5.74, 6) is -0.666. The number of nitriles is 1. The maximum atomic E-state index is 13.4. The SMILES string of the molecule is N#C/C(C(=O)Nc1ccccc1Cl)=c1/s/c(=C/c2ccccc2Cl)c(=O)n1-c1ccccc1. The van der Waals surface area contributed by atoms with Gasteiger partial charge in [0.05, 0.1) is 20.9 Å². The number of hydrogen-bond acceptors (Lipinski definition) is 4. The number of carbonyl (C=O) groups excluding carboxylic acids is 1. The zero-order valence-corrected chi connectivity index (χ0v) is 19.3. The molecule has 0 aliphatic heterocycles. The van der Waals surface area contributed by atoms with Crippen LogP contribution in [0.5, 0.6) is 0 Å². The second-order valence-corrected chi connectivity index (χ2v) is 8.68. The van der Waals surface area contributed by atoms with E-state index in [1.54, 1.807) is 72.8 Å². The molecule has 0 saturated carbocycles. The van der Waals surface area contributed by atoms with Crippen LogP contribution in [0, 0.1) is 11.3 Å². The van der Waals surface area contributed by atoms with Crippen molar-refractivity contribution in [3.05, 3.63) is 114 Å². The first-order valence-electron chi connectivity index (χ1n) is 9.73. The van der Waals surface area contributed by atoms with Crippen LogP contribution in [0.25, 0.3) is 17.3 Å². The maximum Gasteiger partial charge on any atom is 0.273 e. The van der Waals surface area contributed by atoms with Crippen molar-refractivity contribution in [2.24, 2.45) is 0 Å². The maximum absolute atomic E-state index is 13.4. The molecule has 1 N–H and O–H groups in total. The number of carbonyl (C=O) groups is 1. The van der Waals surface area contributed by atoms with Crippen molar-refractivity contribution in [2.75, 3.05) is 5.32 Å². The van der Waals surface area contributed by atoms with E-state index in [0.717, 1.165) is 11.3 Å². The molecule has 0 bridgehead atoms. The van der Waals surface area contributed by atoms with Crippen molar-refractivity contribution in [1.29, 1.82) is 5.26 Å². The summed E-state index contributed by atoms with van der Waals surface area (Å²) in [5, 5.41) is 13.4. The van der Waals surface area contributed by atoms with E-state index in [0.29, 0.717) is 31.5 Å². The number of thiazole rings is 1. The summed E-state index contributed by atoms with van der Waals surface area (Å²) >= 11 is 13.5. The number of benzene rings is 3. The minimum Gasteiger partial charge on any atom is -0.320 e. The highest BCUT2D eigenvalue weighted by Crippen LogP contribution is 2.21. The summed E-state index contributed by atoms with van der Waals surface area (Å²) in [7, 11) is 0. The minimum absolute atomic E-state index is 0.205. The number of nitrogens with zero attached hydrogens (tertiary/aromatic N) is 2. The predicted molar refractivity (Wildman–Crippen MR) is 133 cm³/mol. The zero-order valence-electron chi connectivity index (χ0n) is 17.0. The van der Waals surface area contributed by atoms with E-state index < -0.39 is 5.91 Å². The number of rotatable bonds is 4. The molecule has 0 saturated heterocycles. The molecule has 0 radical (unpaired) electrons. The van der Waals surface area contributed by atoms with Gasteiger partial charge in [-0.2, -0.15) is 5.26 Å². The third-order valence-electron chi connectivity index (χ3n) is 4.70. The Kier molecular flexibility index (Phi) is 6.76. The molecule has 0 atom stereocenters. The molecule has 3 aromatic carbocycles. The minimum atomic E-state index is -0.666. The van der Waals surface area contributed by atoms with Gasteiger partial charge in [0.1, 0.15) is 10.7 Å². The van der Waals surface area contributed by atoms with Gasteiger partial charge in [0.2, 0.25) is 0 Å². The van der Waals surface area contributed by atoms with Crippen LogP contribution in [-0.2, 0) is 4.79 Å². The summed E-state index contributed by atoms with van der Waals surface area (Å²) in [6.45, 7) is 0. The van der Waals surface area contributed by atoms with Crippen LogP contribution in [0.4, 0.5) is 5.69 Å². The fourth-order valence-corrected chi connectivity index (χ4v) is 4.60. The van der Waals surface area contributed by atoms with E-state index in [4.69, 9.17) is 23.2 Å². The zero-order chi connectivity index (χ0) is 23.4. The van der Waals surface area contributed by atoms with E-state index >= 15 is 0 Å². The Morgan fingerprint density at radius 1 is 0.939 bits per heavy atom. The smallest absolute Gasteiger partial charge is 0.273 e. The molecule has 4 rings (SSSR count). The topological polar surface area (TPSA) is 74.9 Å². The standard InChI is InChI=1S/C25H15Cl2N3O2S/c26-19-11-5-4-8-16(19)14-22-24(32)30(17-9-2-1-3-10-17)25(33-22)18(15-28)23(31)29-21-13-7-6-12-20(21)27/h1-14H,(H,29,31)/b22-14+,25-18-. The third kappa shape index (κ3) is 4.76. The summed E-state index contributed by atoms with van der Waals surface area (Å²) in [5.41, 5.74) is 0.984. The van der Waals surface area contributed by atoms with Gasteiger partial charge >= 0.3 is 0 Å². The van der Waals surface area contributed by atoms with Crippen LogP contribution in [0.15, 0.2) is 83.7 Å². The number of nitrogens with one attached hydrogen (secondary N) is 1. The molecule has 0 aliphatic carbocycles. The van der Waals surface area contributed by atoms with Gasteiger partial charge in [-0.3, -0.25) is 14.2 Å². The average Bonchev–Trinajstić information content (AvgIpc) is 3.13. The number of halogens is 2. The first-order valence-corrected chi connectivity index (χ1v) is 11.3. The van der Waals surface area contributed by atoms with E-state index in [1.165, 1.54) is 4.57 Å². The Labute approximate surface area is 203 Å². The van der Waals surface area contributed by atoms with Gasteiger partial charge < -0.3 is 5.32 Å². The summed E-state index contributed by atoms with van der Waals surface area (Å²) < 4.78 is 1.90. The highest BCUT2D eigenvalue weighted by molar-refractivity contribution is 7.07. The molecule has 0 unspecified atom stereocenters. The number of aromatic nitrogens is 1. The fraction of sp³-hybridized carbons (Fsp3) is 0. The lowest BCUT2D eigenvalue weighted by Gasteiger charge is -2.07. The highest BCUT2D eigenvalue weighted by Gasteiger charge is 2.18. The lowest BCUT2D eigenvalue weighted by molar-refractivity contribution is -0.111. The molecular formula is C25H15Cl2N3O2S. The van der Waals surface area contributed by atoms with E-state index in [1.807, 2.05) is 18.2 Å². The van der Waals surface area contributed by atoms with Crippen LogP contribution in [0.3, 0.4) is 0 Å². The molecule has 8 heteroatoms. The van der Waals surface area contributed by atoms with Gasteiger partial charge in [0.15, 0.2) is 5.57 Å². The predicted octanol–water partition coefficient (Wildman–Crippen LogP) is 4.35. The Morgan fingerprint density at radius 2 is 1.58 bits per heavy atom. The summed E-state index contributed by atoms with van der Waals surface area (Å²) in [4.78, 5) is 26.4. The van der Waals surface area contributed by atoms with Crippen molar-refractivity contribution in [2.45, 2.75) is 0 Å². The number of anilines is 1. The first kappa shape index (κ1) is 22.6. The van der Waals surface area contributed by atoms with Gasteiger partial charge in [-0.25, -0.2) is 0 Å².